The van der Waals surface area contributed by atoms with Crippen molar-refractivity contribution < 1.29 is 13.9 Å². The minimum absolute atomic E-state index is 0.109. The van der Waals surface area contributed by atoms with E-state index in [9.17, 15) is 13.9 Å². The highest BCUT2D eigenvalue weighted by molar-refractivity contribution is 5.81. The van der Waals surface area contributed by atoms with E-state index >= 15 is 0 Å². The van der Waals surface area contributed by atoms with E-state index < -0.39 is 12.0 Å². The molecular formula is C16H17F2NO. The summed E-state index contributed by atoms with van der Waals surface area (Å²) in [4.78, 5) is 4.32. The zero-order chi connectivity index (χ0) is 14.2. The van der Waals surface area contributed by atoms with Gasteiger partial charge in [-0.3, -0.25) is 4.98 Å². The molecule has 0 radical (unpaired) electrons. The first-order valence-corrected chi connectivity index (χ1v) is 6.96. The Kier molecular flexibility index (Phi) is 3.42. The maximum atomic E-state index is 13.2. The third-order valence-corrected chi connectivity index (χ3v) is 4.19. The Labute approximate surface area is 116 Å². The lowest BCUT2D eigenvalue weighted by Crippen LogP contribution is -2.27. The molecule has 0 bridgehead atoms. The number of aliphatic hydroxyl groups is 1. The molecule has 4 heteroatoms. The lowest BCUT2D eigenvalue weighted by Gasteiger charge is -2.31. The van der Waals surface area contributed by atoms with Gasteiger partial charge in [0.05, 0.1) is 11.6 Å². The lowest BCUT2D eigenvalue weighted by molar-refractivity contribution is -0.0625. The van der Waals surface area contributed by atoms with Gasteiger partial charge in [-0.1, -0.05) is 24.3 Å². The average Bonchev–Trinajstić information content (AvgIpc) is 2.46. The van der Waals surface area contributed by atoms with E-state index in [4.69, 9.17) is 0 Å². The van der Waals surface area contributed by atoms with E-state index in [-0.39, 0.29) is 18.8 Å². The second-order valence-corrected chi connectivity index (χ2v) is 5.56. The minimum Gasteiger partial charge on any atom is -0.388 e. The Morgan fingerprint density at radius 2 is 1.85 bits per heavy atom. The van der Waals surface area contributed by atoms with Crippen molar-refractivity contribution in [3.8, 4) is 0 Å². The van der Waals surface area contributed by atoms with Crippen LogP contribution in [0, 0.1) is 5.92 Å². The first kappa shape index (κ1) is 13.4. The van der Waals surface area contributed by atoms with Crippen molar-refractivity contribution in [2.45, 2.75) is 37.7 Å². The van der Waals surface area contributed by atoms with Crippen LogP contribution in [0.4, 0.5) is 8.78 Å². The number of aromatic nitrogens is 1. The molecule has 0 amide bonds. The number of aliphatic hydroxyl groups excluding tert-OH is 1. The first-order valence-electron chi connectivity index (χ1n) is 6.96. The summed E-state index contributed by atoms with van der Waals surface area (Å²) in [7, 11) is 0. The normalized spacial score (nSPS) is 20.9. The molecular weight excluding hydrogens is 260 g/mol. The minimum atomic E-state index is -2.56. The number of halogens is 2. The van der Waals surface area contributed by atoms with E-state index in [2.05, 4.69) is 4.98 Å². The van der Waals surface area contributed by atoms with Crippen LogP contribution in [-0.4, -0.2) is 16.0 Å². The number of alkyl halides is 2. The number of para-hydroxylation sites is 1. The standard InChI is InChI=1S/C16H17F2NO/c17-16(18)8-6-12(7-9-16)15(20)13-5-1-3-11-4-2-10-19-14(11)13/h1-5,10,12,15,20H,6-9H2. The molecule has 3 rings (SSSR count). The summed E-state index contributed by atoms with van der Waals surface area (Å²) >= 11 is 0. The highest BCUT2D eigenvalue weighted by Crippen LogP contribution is 2.42. The van der Waals surface area contributed by atoms with Crippen molar-refractivity contribution in [3.63, 3.8) is 0 Å². The highest BCUT2D eigenvalue weighted by Gasteiger charge is 2.37. The average molecular weight is 277 g/mol. The summed E-state index contributed by atoms with van der Waals surface area (Å²) in [6.07, 6.45) is 1.42. The molecule has 1 N–H and O–H groups in total. The van der Waals surface area contributed by atoms with Gasteiger partial charge in [0, 0.05) is 30.0 Å². The Bertz CT molecular complexity index is 599. The monoisotopic (exact) mass is 277 g/mol. The fraction of sp³-hybridized carbons (Fsp3) is 0.438. The van der Waals surface area contributed by atoms with Gasteiger partial charge < -0.3 is 5.11 Å². The van der Waals surface area contributed by atoms with E-state index in [1.807, 2.05) is 30.3 Å². The molecule has 1 saturated carbocycles. The van der Waals surface area contributed by atoms with Crippen LogP contribution in [0.1, 0.15) is 37.4 Å². The number of fused-ring (bicyclic) bond motifs is 1. The van der Waals surface area contributed by atoms with Gasteiger partial charge >= 0.3 is 0 Å². The third-order valence-electron chi connectivity index (χ3n) is 4.19. The van der Waals surface area contributed by atoms with Crippen LogP contribution in [0.15, 0.2) is 36.5 Å². The van der Waals surface area contributed by atoms with Crippen LogP contribution in [0.5, 0.6) is 0 Å². The van der Waals surface area contributed by atoms with Crippen LogP contribution in [0.2, 0.25) is 0 Å². The molecule has 0 spiro atoms. The fourth-order valence-corrected chi connectivity index (χ4v) is 3.00. The van der Waals surface area contributed by atoms with Gasteiger partial charge in [-0.15, -0.1) is 0 Å². The summed E-state index contributed by atoms with van der Waals surface area (Å²) < 4.78 is 26.4. The molecule has 1 heterocycles. The molecule has 1 aliphatic carbocycles. The molecule has 20 heavy (non-hydrogen) atoms. The largest absolute Gasteiger partial charge is 0.388 e. The second kappa shape index (κ2) is 5.09. The quantitative estimate of drug-likeness (QED) is 0.896. The van der Waals surface area contributed by atoms with E-state index in [1.165, 1.54) is 0 Å². The van der Waals surface area contributed by atoms with Gasteiger partial charge in [0.2, 0.25) is 5.92 Å². The number of hydrogen-bond acceptors (Lipinski definition) is 2. The maximum Gasteiger partial charge on any atom is 0.248 e. The summed E-state index contributed by atoms with van der Waals surface area (Å²) in [5.41, 5.74) is 1.51. The smallest absolute Gasteiger partial charge is 0.248 e. The van der Waals surface area contributed by atoms with Crippen LogP contribution in [-0.2, 0) is 0 Å². The van der Waals surface area contributed by atoms with E-state index in [0.29, 0.717) is 12.8 Å². The van der Waals surface area contributed by atoms with Gasteiger partial charge in [0.1, 0.15) is 0 Å². The topological polar surface area (TPSA) is 33.1 Å². The van der Waals surface area contributed by atoms with Crippen molar-refractivity contribution in [2.75, 3.05) is 0 Å². The fourth-order valence-electron chi connectivity index (χ4n) is 3.00. The van der Waals surface area contributed by atoms with Gasteiger partial charge in [0.15, 0.2) is 0 Å². The van der Waals surface area contributed by atoms with Crippen molar-refractivity contribution in [3.05, 3.63) is 42.1 Å². The van der Waals surface area contributed by atoms with Crippen molar-refractivity contribution in [2.24, 2.45) is 5.92 Å². The van der Waals surface area contributed by atoms with Crippen LogP contribution >= 0.6 is 0 Å². The number of benzene rings is 1. The molecule has 0 saturated heterocycles. The molecule has 2 nitrogen and oxygen atoms in total. The van der Waals surface area contributed by atoms with Crippen LogP contribution in [0.3, 0.4) is 0 Å². The molecule has 0 aliphatic heterocycles. The first-order chi connectivity index (χ1) is 9.57. The van der Waals surface area contributed by atoms with Crippen LogP contribution < -0.4 is 0 Å². The number of rotatable bonds is 2. The van der Waals surface area contributed by atoms with Crippen molar-refractivity contribution in [1.82, 2.24) is 4.98 Å². The zero-order valence-corrected chi connectivity index (χ0v) is 11.1. The van der Waals surface area contributed by atoms with Gasteiger partial charge in [-0.05, 0) is 24.8 Å². The second-order valence-electron chi connectivity index (χ2n) is 5.56. The Morgan fingerprint density at radius 1 is 1.15 bits per heavy atom. The molecule has 2 aromatic rings. The highest BCUT2D eigenvalue weighted by atomic mass is 19.3. The summed E-state index contributed by atoms with van der Waals surface area (Å²) in [6.45, 7) is 0. The van der Waals surface area contributed by atoms with E-state index in [0.717, 1.165) is 16.5 Å². The SMILES string of the molecule is OC(c1cccc2cccnc12)C1CCC(F)(F)CC1. The molecule has 1 fully saturated rings. The predicted molar refractivity (Wildman–Crippen MR) is 73.6 cm³/mol. The van der Waals surface area contributed by atoms with E-state index in [1.54, 1.807) is 6.20 Å². The lowest BCUT2D eigenvalue weighted by atomic mass is 9.80. The molecule has 1 unspecified atom stereocenters. The van der Waals surface area contributed by atoms with Gasteiger partial charge in [-0.25, -0.2) is 8.78 Å². The third kappa shape index (κ3) is 2.52. The zero-order valence-electron chi connectivity index (χ0n) is 11.1. The van der Waals surface area contributed by atoms with Crippen LogP contribution in [0.25, 0.3) is 10.9 Å². The summed E-state index contributed by atoms with van der Waals surface area (Å²) in [5, 5.41) is 11.5. The number of nitrogens with zero attached hydrogens (tertiary/aromatic N) is 1. The molecule has 1 aliphatic rings. The summed E-state index contributed by atoms with van der Waals surface area (Å²) in [6, 6.07) is 9.44. The van der Waals surface area contributed by atoms with Gasteiger partial charge in [0.25, 0.3) is 0 Å². The Hall–Kier alpha value is -1.55. The maximum absolute atomic E-state index is 13.2. The summed E-state index contributed by atoms with van der Waals surface area (Å²) in [5.74, 6) is -2.67. The van der Waals surface area contributed by atoms with Gasteiger partial charge in [-0.2, -0.15) is 0 Å². The van der Waals surface area contributed by atoms with Crippen molar-refractivity contribution in [1.29, 1.82) is 0 Å². The molecule has 106 valence electrons. The molecule has 1 aromatic carbocycles. The number of hydrogen-bond donors (Lipinski definition) is 1. The Balaban J connectivity index is 1.88. The van der Waals surface area contributed by atoms with Crippen molar-refractivity contribution >= 4 is 10.9 Å². The number of pyridine rings is 1. The predicted octanol–water partition coefficient (Wildman–Crippen LogP) is 4.09. The Morgan fingerprint density at radius 3 is 2.60 bits per heavy atom. The molecule has 1 aromatic heterocycles. The molecule has 1 atom stereocenters.